The van der Waals surface area contributed by atoms with Crippen LogP contribution in [0.4, 0.5) is 0 Å². The van der Waals surface area contributed by atoms with Gasteiger partial charge in [0, 0.05) is 12.5 Å². The molecule has 1 aromatic heterocycles. The van der Waals surface area contributed by atoms with Crippen LogP contribution in [0.5, 0.6) is 0 Å². The Balaban J connectivity index is 1.74. The molecule has 3 nitrogen and oxygen atoms in total. The van der Waals surface area contributed by atoms with E-state index in [4.69, 9.17) is 16.0 Å². The van der Waals surface area contributed by atoms with Gasteiger partial charge in [-0.05, 0) is 37.0 Å². The number of hydrogen-bond acceptors (Lipinski definition) is 2. The van der Waals surface area contributed by atoms with Crippen LogP contribution >= 0.6 is 11.6 Å². The van der Waals surface area contributed by atoms with Crippen LogP contribution in [0.3, 0.4) is 0 Å². The number of halogens is 1. The first-order chi connectivity index (χ1) is 11.7. The lowest BCUT2D eigenvalue weighted by Crippen LogP contribution is -2.53. The van der Waals surface area contributed by atoms with E-state index < -0.39 is 0 Å². The van der Waals surface area contributed by atoms with E-state index in [2.05, 4.69) is 12.1 Å². The molecule has 2 heterocycles. The van der Waals surface area contributed by atoms with Gasteiger partial charge in [-0.2, -0.15) is 0 Å². The van der Waals surface area contributed by atoms with Crippen molar-refractivity contribution in [2.75, 3.05) is 6.54 Å². The van der Waals surface area contributed by atoms with Crippen LogP contribution in [0, 0.1) is 5.92 Å². The standard InChI is InChI=1S/C20H22ClNO2/c21-20-11-5-4-9-16(20)18(15-7-2-1-3-8-15)22(13-12-20)19(23)17-10-6-14-24-17/h1-3,6-8,10,14,16,18H,4-5,9,11-13H2/t16-,18+,20-/m1/s1. The molecule has 1 aromatic carbocycles. The molecule has 126 valence electrons. The molecule has 24 heavy (non-hydrogen) atoms. The number of benzene rings is 1. The zero-order valence-corrected chi connectivity index (χ0v) is 14.4. The summed E-state index contributed by atoms with van der Waals surface area (Å²) in [5.41, 5.74) is 1.18. The highest BCUT2D eigenvalue weighted by atomic mass is 35.5. The van der Waals surface area contributed by atoms with E-state index in [1.165, 1.54) is 18.4 Å². The maximum atomic E-state index is 13.0. The second-order valence-corrected chi connectivity index (χ2v) is 7.72. The van der Waals surface area contributed by atoms with Gasteiger partial charge < -0.3 is 9.32 Å². The van der Waals surface area contributed by atoms with Gasteiger partial charge in [0.2, 0.25) is 0 Å². The minimum absolute atomic E-state index is 0.0235. The van der Waals surface area contributed by atoms with Crippen LogP contribution in [0.15, 0.2) is 53.1 Å². The molecule has 1 saturated heterocycles. The summed E-state index contributed by atoms with van der Waals surface area (Å²) in [6, 6.07) is 13.9. The summed E-state index contributed by atoms with van der Waals surface area (Å²) < 4.78 is 5.37. The van der Waals surface area contributed by atoms with E-state index in [-0.39, 0.29) is 16.8 Å². The topological polar surface area (TPSA) is 33.5 Å². The van der Waals surface area contributed by atoms with Gasteiger partial charge in [0.25, 0.3) is 5.91 Å². The second kappa shape index (κ2) is 6.29. The average Bonchev–Trinajstić information content (AvgIpc) is 3.15. The van der Waals surface area contributed by atoms with Crippen molar-refractivity contribution >= 4 is 17.5 Å². The van der Waals surface area contributed by atoms with E-state index in [0.29, 0.717) is 18.2 Å². The molecule has 1 saturated carbocycles. The largest absolute Gasteiger partial charge is 0.459 e. The minimum Gasteiger partial charge on any atom is -0.459 e. The van der Waals surface area contributed by atoms with Crippen LogP contribution in [0.2, 0.25) is 0 Å². The van der Waals surface area contributed by atoms with E-state index in [1.54, 1.807) is 18.4 Å². The predicted octanol–water partition coefficient (Wildman–Crippen LogP) is 5.03. The molecule has 1 amide bonds. The third-order valence-electron chi connectivity index (χ3n) is 5.64. The van der Waals surface area contributed by atoms with Crippen LogP contribution < -0.4 is 0 Å². The number of likely N-dealkylation sites (tertiary alicyclic amines) is 1. The number of furan rings is 1. The fourth-order valence-corrected chi connectivity index (χ4v) is 4.92. The Morgan fingerprint density at radius 2 is 1.96 bits per heavy atom. The van der Waals surface area contributed by atoms with Crippen molar-refractivity contribution in [2.45, 2.75) is 43.0 Å². The number of piperidine rings is 1. The van der Waals surface area contributed by atoms with E-state index >= 15 is 0 Å². The van der Waals surface area contributed by atoms with Crippen LogP contribution in [0.1, 0.15) is 54.3 Å². The summed E-state index contributed by atoms with van der Waals surface area (Å²) in [4.78, 5) is 14.8. The third kappa shape index (κ3) is 2.65. The predicted molar refractivity (Wildman–Crippen MR) is 94.1 cm³/mol. The molecule has 0 bridgehead atoms. The third-order valence-corrected chi connectivity index (χ3v) is 6.30. The Kier molecular flexibility index (Phi) is 4.13. The van der Waals surface area contributed by atoms with Crippen LogP contribution in [0.25, 0.3) is 0 Å². The first-order valence-corrected chi connectivity index (χ1v) is 9.15. The van der Waals surface area contributed by atoms with Gasteiger partial charge in [0.1, 0.15) is 0 Å². The van der Waals surface area contributed by atoms with Crippen molar-refractivity contribution < 1.29 is 9.21 Å². The molecule has 3 atom stereocenters. The number of rotatable bonds is 2. The Labute approximate surface area is 147 Å². The first kappa shape index (κ1) is 15.8. The van der Waals surface area contributed by atoms with Crippen LogP contribution in [-0.2, 0) is 0 Å². The molecule has 2 aliphatic rings. The van der Waals surface area contributed by atoms with Gasteiger partial charge in [-0.25, -0.2) is 0 Å². The quantitative estimate of drug-likeness (QED) is 0.716. The SMILES string of the molecule is O=C(c1ccco1)N1CC[C@]2(Cl)CCCC[C@@H]2[C@@H]1c1ccccc1. The normalized spacial score (nSPS) is 30.0. The summed E-state index contributed by atoms with van der Waals surface area (Å²) >= 11 is 7.06. The number of amides is 1. The number of alkyl halides is 1. The molecular formula is C20H22ClNO2. The van der Waals surface area contributed by atoms with Gasteiger partial charge in [-0.3, -0.25) is 4.79 Å². The van der Waals surface area contributed by atoms with Gasteiger partial charge >= 0.3 is 0 Å². The summed E-state index contributed by atoms with van der Waals surface area (Å²) in [5, 5.41) is 0. The molecule has 0 spiro atoms. The smallest absolute Gasteiger partial charge is 0.290 e. The molecule has 4 heteroatoms. The Morgan fingerprint density at radius 3 is 2.71 bits per heavy atom. The van der Waals surface area contributed by atoms with Crippen molar-refractivity contribution in [1.29, 1.82) is 0 Å². The molecule has 1 aliphatic heterocycles. The summed E-state index contributed by atoms with van der Waals surface area (Å²) in [5.74, 6) is 0.676. The molecule has 4 rings (SSSR count). The molecule has 0 radical (unpaired) electrons. The fourth-order valence-electron chi connectivity index (χ4n) is 4.47. The van der Waals surface area contributed by atoms with Crippen molar-refractivity contribution in [2.24, 2.45) is 5.92 Å². The number of carbonyl (C=O) groups excluding carboxylic acids is 1. The summed E-state index contributed by atoms with van der Waals surface area (Å²) in [6.07, 6.45) is 6.91. The molecule has 0 N–H and O–H groups in total. The number of nitrogens with zero attached hydrogens (tertiary/aromatic N) is 1. The van der Waals surface area contributed by atoms with Gasteiger partial charge in [-0.1, -0.05) is 43.2 Å². The number of hydrogen-bond donors (Lipinski definition) is 0. The summed E-state index contributed by atoms with van der Waals surface area (Å²) in [6.45, 7) is 0.680. The first-order valence-electron chi connectivity index (χ1n) is 8.77. The Morgan fingerprint density at radius 1 is 1.12 bits per heavy atom. The van der Waals surface area contributed by atoms with Crippen LogP contribution in [-0.4, -0.2) is 22.2 Å². The van der Waals surface area contributed by atoms with E-state index in [0.717, 1.165) is 19.3 Å². The molecule has 1 aliphatic carbocycles. The minimum atomic E-state index is -0.182. The maximum Gasteiger partial charge on any atom is 0.290 e. The average molecular weight is 344 g/mol. The van der Waals surface area contributed by atoms with E-state index in [1.807, 2.05) is 23.1 Å². The van der Waals surface area contributed by atoms with Gasteiger partial charge in [0.05, 0.1) is 17.2 Å². The van der Waals surface area contributed by atoms with Crippen molar-refractivity contribution in [1.82, 2.24) is 4.90 Å². The van der Waals surface area contributed by atoms with E-state index in [9.17, 15) is 4.79 Å². The maximum absolute atomic E-state index is 13.0. The summed E-state index contributed by atoms with van der Waals surface area (Å²) in [7, 11) is 0. The van der Waals surface area contributed by atoms with Crippen molar-refractivity contribution in [3.8, 4) is 0 Å². The zero-order chi connectivity index (χ0) is 16.6. The highest BCUT2D eigenvalue weighted by molar-refractivity contribution is 6.24. The molecular weight excluding hydrogens is 322 g/mol. The zero-order valence-electron chi connectivity index (χ0n) is 13.7. The monoisotopic (exact) mass is 343 g/mol. The highest BCUT2D eigenvalue weighted by Gasteiger charge is 2.50. The van der Waals surface area contributed by atoms with Gasteiger partial charge in [0.15, 0.2) is 5.76 Å². The lowest BCUT2D eigenvalue weighted by molar-refractivity contribution is 0.0255. The Bertz CT molecular complexity index is 700. The molecule has 2 aromatic rings. The van der Waals surface area contributed by atoms with Gasteiger partial charge in [-0.15, -0.1) is 11.6 Å². The highest BCUT2D eigenvalue weighted by Crippen LogP contribution is 2.52. The molecule has 2 fully saturated rings. The number of fused-ring (bicyclic) bond motifs is 1. The Hall–Kier alpha value is -1.74. The fraction of sp³-hybridized carbons (Fsp3) is 0.450. The second-order valence-electron chi connectivity index (χ2n) is 6.97. The van der Waals surface area contributed by atoms with Crippen molar-refractivity contribution in [3.63, 3.8) is 0 Å². The lowest BCUT2D eigenvalue weighted by Gasteiger charge is -2.52. The lowest BCUT2D eigenvalue weighted by atomic mass is 9.68. The van der Waals surface area contributed by atoms with Crippen molar-refractivity contribution in [3.05, 3.63) is 60.1 Å². The number of carbonyl (C=O) groups is 1. The molecule has 0 unspecified atom stereocenters.